The van der Waals surface area contributed by atoms with Gasteiger partial charge in [-0.05, 0) is 50.1 Å². The lowest BCUT2D eigenvalue weighted by atomic mass is 10.0. The predicted molar refractivity (Wildman–Crippen MR) is 114 cm³/mol. The molecular weight excluding hydrogens is 362 g/mol. The summed E-state index contributed by atoms with van der Waals surface area (Å²) in [5, 5.41) is 7.94. The van der Waals surface area contributed by atoms with Gasteiger partial charge in [-0.15, -0.1) is 0 Å². The highest BCUT2D eigenvalue weighted by Crippen LogP contribution is 2.23. The van der Waals surface area contributed by atoms with Gasteiger partial charge in [0.15, 0.2) is 0 Å². The van der Waals surface area contributed by atoms with Crippen molar-refractivity contribution in [3.63, 3.8) is 0 Å². The highest BCUT2D eigenvalue weighted by atomic mass is 16.1. The number of likely N-dealkylation sites (tertiary alicyclic amines) is 1. The number of carbonyl (C=O) groups excluding carboxylic acids is 1. The SMILES string of the molecule is CCCN1CCC(NC(=O)c2cn(-c3ccccc3)nc2-c2cccnc2)CC1. The molecule has 4 rings (SSSR count). The van der Waals surface area contributed by atoms with Gasteiger partial charge < -0.3 is 10.2 Å². The average Bonchev–Trinajstić information content (AvgIpc) is 3.22. The topological polar surface area (TPSA) is 63.1 Å². The highest BCUT2D eigenvalue weighted by molar-refractivity contribution is 6.00. The molecule has 1 fully saturated rings. The van der Waals surface area contributed by atoms with E-state index in [1.807, 2.05) is 48.7 Å². The third-order valence-electron chi connectivity index (χ3n) is 5.38. The second-order valence-corrected chi connectivity index (χ2v) is 7.50. The zero-order valence-electron chi connectivity index (χ0n) is 16.8. The van der Waals surface area contributed by atoms with E-state index < -0.39 is 0 Å². The lowest BCUT2D eigenvalue weighted by molar-refractivity contribution is 0.0912. The van der Waals surface area contributed by atoms with Crippen molar-refractivity contribution in [2.75, 3.05) is 19.6 Å². The molecule has 3 heterocycles. The van der Waals surface area contributed by atoms with E-state index in [4.69, 9.17) is 5.10 Å². The zero-order chi connectivity index (χ0) is 20.1. The first kappa shape index (κ1) is 19.3. The fraction of sp³-hybridized carbons (Fsp3) is 0.348. The number of rotatable bonds is 6. The zero-order valence-corrected chi connectivity index (χ0v) is 16.8. The van der Waals surface area contributed by atoms with E-state index in [0.29, 0.717) is 11.3 Å². The molecule has 6 nitrogen and oxygen atoms in total. The Morgan fingerprint density at radius 3 is 2.62 bits per heavy atom. The summed E-state index contributed by atoms with van der Waals surface area (Å²) >= 11 is 0. The van der Waals surface area contributed by atoms with Crippen LogP contribution in [0.15, 0.2) is 61.1 Å². The van der Waals surface area contributed by atoms with Gasteiger partial charge >= 0.3 is 0 Å². The van der Waals surface area contributed by atoms with Crippen molar-refractivity contribution in [3.8, 4) is 16.9 Å². The minimum Gasteiger partial charge on any atom is -0.349 e. The summed E-state index contributed by atoms with van der Waals surface area (Å²) in [6.07, 6.45) is 8.43. The number of piperidine rings is 1. The van der Waals surface area contributed by atoms with Gasteiger partial charge in [-0.2, -0.15) is 5.10 Å². The average molecular weight is 390 g/mol. The fourth-order valence-corrected chi connectivity index (χ4v) is 3.85. The van der Waals surface area contributed by atoms with Crippen molar-refractivity contribution in [1.82, 2.24) is 25.0 Å². The molecule has 29 heavy (non-hydrogen) atoms. The first-order valence-corrected chi connectivity index (χ1v) is 10.3. The number of hydrogen-bond donors (Lipinski definition) is 1. The van der Waals surface area contributed by atoms with Crippen molar-refractivity contribution in [1.29, 1.82) is 0 Å². The van der Waals surface area contributed by atoms with Gasteiger partial charge in [0, 0.05) is 43.3 Å². The van der Waals surface area contributed by atoms with Crippen LogP contribution in [0.1, 0.15) is 36.5 Å². The van der Waals surface area contributed by atoms with E-state index in [2.05, 4.69) is 22.1 Å². The molecular formula is C23H27N5O. The molecule has 1 aliphatic heterocycles. The summed E-state index contributed by atoms with van der Waals surface area (Å²) in [6, 6.07) is 13.9. The molecule has 0 radical (unpaired) electrons. The Labute approximate surface area is 171 Å². The lowest BCUT2D eigenvalue weighted by Gasteiger charge is -2.32. The van der Waals surface area contributed by atoms with E-state index >= 15 is 0 Å². The maximum Gasteiger partial charge on any atom is 0.255 e. The molecule has 0 bridgehead atoms. The van der Waals surface area contributed by atoms with Crippen molar-refractivity contribution >= 4 is 5.91 Å². The minimum absolute atomic E-state index is 0.0695. The third-order valence-corrected chi connectivity index (χ3v) is 5.38. The van der Waals surface area contributed by atoms with Crippen LogP contribution in [0.25, 0.3) is 16.9 Å². The molecule has 6 heteroatoms. The number of benzene rings is 1. The van der Waals surface area contributed by atoms with E-state index in [0.717, 1.165) is 43.7 Å². The van der Waals surface area contributed by atoms with Crippen LogP contribution in [0.3, 0.4) is 0 Å². The highest BCUT2D eigenvalue weighted by Gasteiger charge is 2.24. The number of carbonyl (C=O) groups is 1. The molecule has 1 aromatic carbocycles. The molecule has 2 aromatic heterocycles. The van der Waals surface area contributed by atoms with Crippen LogP contribution in [-0.4, -0.2) is 51.2 Å². The number of aromatic nitrogens is 3. The summed E-state index contributed by atoms with van der Waals surface area (Å²) in [5.74, 6) is -0.0695. The Hall–Kier alpha value is -2.99. The summed E-state index contributed by atoms with van der Waals surface area (Å²) in [7, 11) is 0. The Kier molecular flexibility index (Phi) is 6.00. The van der Waals surface area contributed by atoms with Gasteiger partial charge in [0.25, 0.3) is 5.91 Å². The molecule has 0 saturated carbocycles. The Balaban J connectivity index is 1.57. The molecule has 0 atom stereocenters. The number of para-hydroxylation sites is 1. The summed E-state index contributed by atoms with van der Waals surface area (Å²) in [4.78, 5) is 19.8. The Morgan fingerprint density at radius 1 is 1.14 bits per heavy atom. The van der Waals surface area contributed by atoms with Crippen molar-refractivity contribution in [2.24, 2.45) is 0 Å². The molecule has 150 valence electrons. The summed E-state index contributed by atoms with van der Waals surface area (Å²) in [6.45, 7) is 5.42. The van der Waals surface area contributed by atoms with Gasteiger partial charge in [-0.3, -0.25) is 9.78 Å². The second-order valence-electron chi connectivity index (χ2n) is 7.50. The molecule has 1 aliphatic rings. The molecule has 1 saturated heterocycles. The number of nitrogens with zero attached hydrogens (tertiary/aromatic N) is 4. The smallest absolute Gasteiger partial charge is 0.255 e. The molecule has 3 aromatic rings. The van der Waals surface area contributed by atoms with Crippen LogP contribution in [0.5, 0.6) is 0 Å². The number of amides is 1. The van der Waals surface area contributed by atoms with Crippen LogP contribution >= 0.6 is 0 Å². The quantitative estimate of drug-likeness (QED) is 0.700. The van der Waals surface area contributed by atoms with E-state index in [9.17, 15) is 4.79 Å². The van der Waals surface area contributed by atoms with Gasteiger partial charge in [0.05, 0.1) is 11.3 Å². The van der Waals surface area contributed by atoms with E-state index in [1.54, 1.807) is 17.1 Å². The fourth-order valence-electron chi connectivity index (χ4n) is 3.85. The molecule has 0 spiro atoms. The number of nitrogens with one attached hydrogen (secondary N) is 1. The van der Waals surface area contributed by atoms with Crippen LogP contribution in [-0.2, 0) is 0 Å². The van der Waals surface area contributed by atoms with Crippen molar-refractivity contribution in [2.45, 2.75) is 32.2 Å². The van der Waals surface area contributed by atoms with Crippen molar-refractivity contribution < 1.29 is 4.79 Å². The van der Waals surface area contributed by atoms with Gasteiger partial charge in [0.1, 0.15) is 5.69 Å². The maximum atomic E-state index is 13.2. The summed E-state index contributed by atoms with van der Waals surface area (Å²) in [5.41, 5.74) is 3.00. The van der Waals surface area contributed by atoms with Crippen LogP contribution in [0.4, 0.5) is 0 Å². The number of pyridine rings is 1. The normalized spacial score (nSPS) is 15.3. The molecule has 1 N–H and O–H groups in total. The molecule has 0 aliphatic carbocycles. The van der Waals surface area contributed by atoms with Crippen LogP contribution < -0.4 is 5.32 Å². The van der Waals surface area contributed by atoms with Crippen LogP contribution in [0, 0.1) is 0 Å². The van der Waals surface area contributed by atoms with Crippen molar-refractivity contribution in [3.05, 3.63) is 66.6 Å². The predicted octanol–water partition coefficient (Wildman–Crippen LogP) is 3.54. The second kappa shape index (κ2) is 9.01. The van der Waals surface area contributed by atoms with Gasteiger partial charge in [-0.25, -0.2) is 4.68 Å². The lowest BCUT2D eigenvalue weighted by Crippen LogP contribution is -2.44. The number of hydrogen-bond acceptors (Lipinski definition) is 4. The van der Waals surface area contributed by atoms with Gasteiger partial charge in [0.2, 0.25) is 0 Å². The monoisotopic (exact) mass is 389 g/mol. The first-order chi connectivity index (χ1) is 14.2. The summed E-state index contributed by atoms with van der Waals surface area (Å²) < 4.78 is 1.76. The van der Waals surface area contributed by atoms with E-state index in [1.165, 1.54) is 6.42 Å². The Bertz CT molecular complexity index is 930. The standard InChI is InChI=1S/C23H27N5O/c1-2-13-27-14-10-19(11-15-27)25-23(29)21-17-28(20-8-4-3-5-9-20)26-22(21)18-7-6-12-24-16-18/h3-9,12,16-17,19H,2,10-11,13-15H2,1H3,(H,25,29). The van der Waals surface area contributed by atoms with E-state index in [-0.39, 0.29) is 11.9 Å². The van der Waals surface area contributed by atoms with Crippen LogP contribution in [0.2, 0.25) is 0 Å². The largest absolute Gasteiger partial charge is 0.349 e. The third kappa shape index (κ3) is 4.54. The maximum absolute atomic E-state index is 13.2. The Morgan fingerprint density at radius 2 is 1.93 bits per heavy atom. The molecule has 0 unspecified atom stereocenters. The molecule has 1 amide bonds. The minimum atomic E-state index is -0.0695. The van der Waals surface area contributed by atoms with Gasteiger partial charge in [-0.1, -0.05) is 25.1 Å². The first-order valence-electron chi connectivity index (χ1n) is 10.3.